The summed E-state index contributed by atoms with van der Waals surface area (Å²) in [5, 5.41) is 12.2. The summed E-state index contributed by atoms with van der Waals surface area (Å²) >= 11 is 0. The number of ether oxygens (including phenoxy) is 3. The van der Waals surface area contributed by atoms with Crippen LogP contribution in [0, 0.1) is 0 Å². The molecular weight excluding hydrogens is 608 g/mol. The maximum Gasteiger partial charge on any atom is 0.255 e. The standard InChI is InChI=1S/C39H38N2O7/c1-2-31(26-7-4-3-5-8-26)37(27-11-15-29(42)16-12-27)28-13-17-30(18-14-28)47-23-21-46-22-24-48-35-10-6-9-32-33(35)25-41(39(32)45)34-19-20-36(43)40-38(34)44/h3-18,34,42H,2,19-25H2,1H3,(H,40,43,44). The third-order valence-electron chi connectivity index (χ3n) is 8.60. The summed E-state index contributed by atoms with van der Waals surface area (Å²) < 4.78 is 17.6. The van der Waals surface area contributed by atoms with E-state index in [0.717, 1.165) is 40.0 Å². The zero-order valence-corrected chi connectivity index (χ0v) is 26.8. The molecule has 0 radical (unpaired) electrons. The molecule has 0 spiro atoms. The Kier molecular flexibility index (Phi) is 10.2. The second-order valence-corrected chi connectivity index (χ2v) is 11.6. The summed E-state index contributed by atoms with van der Waals surface area (Å²) in [6.07, 6.45) is 1.36. The quantitative estimate of drug-likeness (QED) is 0.104. The summed E-state index contributed by atoms with van der Waals surface area (Å²) in [4.78, 5) is 38.4. The van der Waals surface area contributed by atoms with Gasteiger partial charge >= 0.3 is 0 Å². The van der Waals surface area contributed by atoms with Crippen molar-refractivity contribution in [1.82, 2.24) is 10.2 Å². The number of allylic oxidation sites excluding steroid dienone is 1. The van der Waals surface area contributed by atoms with Crippen molar-refractivity contribution in [2.45, 2.75) is 38.8 Å². The molecule has 246 valence electrons. The first-order valence-corrected chi connectivity index (χ1v) is 16.2. The molecule has 3 amide bonds. The van der Waals surface area contributed by atoms with Crippen LogP contribution in [0.3, 0.4) is 0 Å². The van der Waals surface area contributed by atoms with E-state index in [-0.39, 0.29) is 37.1 Å². The SMILES string of the molecule is CCC(=C(c1ccc(O)cc1)c1ccc(OCCOCCOc2cccc3c2CN(C2CCC(=O)NC2=O)C3=O)cc1)c1ccccc1. The second kappa shape index (κ2) is 15.0. The Morgan fingerprint density at radius 3 is 2.17 bits per heavy atom. The number of nitrogens with one attached hydrogen (secondary N) is 1. The van der Waals surface area contributed by atoms with Crippen molar-refractivity contribution in [3.8, 4) is 17.2 Å². The number of carbonyl (C=O) groups excluding carboxylic acids is 3. The number of aromatic hydroxyl groups is 1. The van der Waals surface area contributed by atoms with Gasteiger partial charge in [-0.25, -0.2) is 0 Å². The van der Waals surface area contributed by atoms with Crippen molar-refractivity contribution < 1.29 is 33.7 Å². The number of piperidine rings is 1. The molecule has 9 nitrogen and oxygen atoms in total. The third-order valence-corrected chi connectivity index (χ3v) is 8.60. The number of phenolic OH excluding ortho intramolecular Hbond substituents is 1. The number of imide groups is 1. The summed E-state index contributed by atoms with van der Waals surface area (Å²) in [7, 11) is 0. The molecule has 1 fully saturated rings. The van der Waals surface area contributed by atoms with E-state index >= 15 is 0 Å². The molecule has 1 atom stereocenters. The maximum absolute atomic E-state index is 13.0. The van der Waals surface area contributed by atoms with Crippen molar-refractivity contribution in [2.24, 2.45) is 0 Å². The predicted molar refractivity (Wildman–Crippen MR) is 181 cm³/mol. The van der Waals surface area contributed by atoms with E-state index in [0.29, 0.717) is 37.6 Å². The van der Waals surface area contributed by atoms with Gasteiger partial charge in [0.15, 0.2) is 0 Å². The third kappa shape index (κ3) is 7.26. The highest BCUT2D eigenvalue weighted by atomic mass is 16.5. The predicted octanol–water partition coefficient (Wildman–Crippen LogP) is 6.00. The fourth-order valence-corrected chi connectivity index (χ4v) is 6.25. The van der Waals surface area contributed by atoms with E-state index < -0.39 is 11.9 Å². The number of phenols is 1. The molecule has 6 rings (SSSR count). The summed E-state index contributed by atoms with van der Waals surface area (Å²) in [5.74, 6) is 0.547. The molecule has 1 unspecified atom stereocenters. The Labute approximate surface area is 279 Å². The van der Waals surface area contributed by atoms with Crippen LogP contribution in [0.1, 0.15) is 58.8 Å². The number of carbonyl (C=O) groups is 3. The van der Waals surface area contributed by atoms with Gasteiger partial charge in [0.2, 0.25) is 11.8 Å². The summed E-state index contributed by atoms with van der Waals surface area (Å²) in [5.41, 5.74) is 6.79. The van der Waals surface area contributed by atoms with Gasteiger partial charge in [-0.1, -0.05) is 67.6 Å². The van der Waals surface area contributed by atoms with Gasteiger partial charge < -0.3 is 24.2 Å². The molecule has 0 aromatic heterocycles. The Balaban J connectivity index is 1.00. The highest BCUT2D eigenvalue weighted by molar-refractivity contribution is 6.05. The van der Waals surface area contributed by atoms with Crippen LogP contribution < -0.4 is 14.8 Å². The number of rotatable bonds is 13. The Morgan fingerprint density at radius 2 is 1.48 bits per heavy atom. The average molecular weight is 647 g/mol. The van der Waals surface area contributed by atoms with Crippen molar-refractivity contribution in [2.75, 3.05) is 26.4 Å². The van der Waals surface area contributed by atoms with Crippen LogP contribution in [-0.4, -0.2) is 60.2 Å². The van der Waals surface area contributed by atoms with E-state index in [1.807, 2.05) is 42.5 Å². The molecule has 2 aliphatic rings. The summed E-state index contributed by atoms with van der Waals surface area (Å²) in [6, 6.07) is 30.3. The van der Waals surface area contributed by atoms with Crippen molar-refractivity contribution in [1.29, 1.82) is 0 Å². The van der Waals surface area contributed by atoms with Gasteiger partial charge in [0, 0.05) is 17.5 Å². The Hall–Kier alpha value is -5.41. The van der Waals surface area contributed by atoms with E-state index in [2.05, 4.69) is 36.5 Å². The molecule has 0 bridgehead atoms. The van der Waals surface area contributed by atoms with Gasteiger partial charge in [0.1, 0.15) is 36.5 Å². The van der Waals surface area contributed by atoms with Crippen molar-refractivity contribution >= 4 is 28.9 Å². The highest BCUT2D eigenvalue weighted by Crippen LogP contribution is 2.36. The lowest BCUT2D eigenvalue weighted by molar-refractivity contribution is -0.136. The molecule has 0 saturated carbocycles. The molecule has 2 aliphatic heterocycles. The van der Waals surface area contributed by atoms with Crippen LogP contribution in [0.5, 0.6) is 17.2 Å². The van der Waals surface area contributed by atoms with Crippen LogP contribution in [0.4, 0.5) is 0 Å². The van der Waals surface area contributed by atoms with Crippen LogP contribution in [0.15, 0.2) is 97.1 Å². The number of hydrogen-bond donors (Lipinski definition) is 2. The number of amides is 3. The zero-order chi connectivity index (χ0) is 33.5. The normalized spacial score (nSPS) is 16.3. The fraction of sp³-hybridized carbons (Fsp3) is 0.256. The topological polar surface area (TPSA) is 114 Å². The van der Waals surface area contributed by atoms with E-state index in [1.165, 1.54) is 10.5 Å². The Bertz CT molecular complexity index is 1800. The van der Waals surface area contributed by atoms with Crippen LogP contribution in [0.25, 0.3) is 11.1 Å². The van der Waals surface area contributed by atoms with Gasteiger partial charge in [-0.2, -0.15) is 0 Å². The highest BCUT2D eigenvalue weighted by Gasteiger charge is 2.40. The number of nitrogens with zero attached hydrogens (tertiary/aromatic N) is 1. The van der Waals surface area contributed by atoms with Crippen molar-refractivity contribution in [3.05, 3.63) is 125 Å². The Morgan fingerprint density at radius 1 is 0.792 bits per heavy atom. The first-order valence-electron chi connectivity index (χ1n) is 16.2. The smallest absolute Gasteiger partial charge is 0.255 e. The lowest BCUT2D eigenvalue weighted by atomic mass is 9.88. The lowest BCUT2D eigenvalue weighted by Crippen LogP contribution is -2.52. The van der Waals surface area contributed by atoms with Crippen LogP contribution >= 0.6 is 0 Å². The van der Waals surface area contributed by atoms with E-state index in [9.17, 15) is 19.5 Å². The molecule has 2 heterocycles. The first-order chi connectivity index (χ1) is 23.4. The van der Waals surface area contributed by atoms with Gasteiger partial charge in [0.05, 0.1) is 19.8 Å². The fourth-order valence-electron chi connectivity index (χ4n) is 6.25. The van der Waals surface area contributed by atoms with Crippen LogP contribution in [0.2, 0.25) is 0 Å². The van der Waals surface area contributed by atoms with Gasteiger partial charge in [-0.15, -0.1) is 0 Å². The molecule has 1 saturated heterocycles. The minimum atomic E-state index is -0.670. The number of hydrogen-bond acceptors (Lipinski definition) is 7. The molecule has 4 aromatic rings. The number of benzene rings is 4. The summed E-state index contributed by atoms with van der Waals surface area (Å²) in [6.45, 7) is 3.74. The lowest BCUT2D eigenvalue weighted by Gasteiger charge is -2.29. The maximum atomic E-state index is 13.0. The van der Waals surface area contributed by atoms with E-state index in [1.54, 1.807) is 30.3 Å². The van der Waals surface area contributed by atoms with Crippen LogP contribution in [-0.2, 0) is 20.9 Å². The molecular formula is C39H38N2O7. The molecule has 0 aliphatic carbocycles. The van der Waals surface area contributed by atoms with Crippen molar-refractivity contribution in [3.63, 3.8) is 0 Å². The van der Waals surface area contributed by atoms with Gasteiger partial charge in [0.25, 0.3) is 5.91 Å². The minimum Gasteiger partial charge on any atom is -0.508 e. The minimum absolute atomic E-state index is 0.208. The second-order valence-electron chi connectivity index (χ2n) is 11.6. The van der Waals surface area contributed by atoms with Gasteiger partial charge in [-0.3, -0.25) is 19.7 Å². The number of fused-ring (bicyclic) bond motifs is 1. The largest absolute Gasteiger partial charge is 0.508 e. The monoisotopic (exact) mass is 646 g/mol. The van der Waals surface area contributed by atoms with Gasteiger partial charge in [-0.05, 0) is 77.1 Å². The zero-order valence-electron chi connectivity index (χ0n) is 26.8. The molecule has 2 N–H and O–H groups in total. The molecule has 9 heteroatoms. The first kappa shape index (κ1) is 32.5. The van der Waals surface area contributed by atoms with E-state index in [4.69, 9.17) is 14.2 Å². The average Bonchev–Trinajstić information content (AvgIpc) is 3.44. The molecule has 4 aromatic carbocycles. The molecule has 48 heavy (non-hydrogen) atoms.